The Hall–Kier alpha value is -1.44. The minimum absolute atomic E-state index is 0.0825. The second-order valence-electron chi connectivity index (χ2n) is 5.18. The van der Waals surface area contributed by atoms with Crippen LogP contribution in [0.25, 0.3) is 0 Å². The van der Waals surface area contributed by atoms with Crippen LogP contribution in [-0.4, -0.2) is 51.4 Å². The third-order valence-corrected chi connectivity index (χ3v) is 5.30. The number of nitrogens with one attached hydrogen (secondary N) is 2. The number of carbonyl (C=O) groups excluding carboxylic acids is 1. The van der Waals surface area contributed by atoms with Crippen molar-refractivity contribution in [3.63, 3.8) is 0 Å². The lowest BCUT2D eigenvalue weighted by atomic mass is 10.1. The first-order valence-electron chi connectivity index (χ1n) is 7.01. The van der Waals surface area contributed by atoms with E-state index in [2.05, 4.69) is 10.6 Å². The van der Waals surface area contributed by atoms with Gasteiger partial charge in [-0.2, -0.15) is 4.31 Å². The molecule has 1 saturated heterocycles. The molecule has 0 spiro atoms. The summed E-state index contributed by atoms with van der Waals surface area (Å²) >= 11 is 0. The molecule has 2 rings (SSSR count). The normalized spacial score (nSPS) is 19.4. The fourth-order valence-corrected chi connectivity index (χ4v) is 3.46. The lowest BCUT2D eigenvalue weighted by Gasteiger charge is -2.25. The van der Waals surface area contributed by atoms with Gasteiger partial charge in [0, 0.05) is 19.6 Å². The summed E-state index contributed by atoms with van der Waals surface area (Å²) in [6.07, 6.45) is 1.94. The fraction of sp³-hybridized carbons (Fsp3) is 0.500. The molecule has 0 bridgehead atoms. The van der Waals surface area contributed by atoms with Crippen molar-refractivity contribution in [2.75, 3.05) is 26.7 Å². The van der Waals surface area contributed by atoms with Crippen molar-refractivity contribution in [3.8, 4) is 0 Å². The summed E-state index contributed by atoms with van der Waals surface area (Å²) in [6.45, 7) is 1.53. The zero-order chi connectivity index (χ0) is 15.3. The summed E-state index contributed by atoms with van der Waals surface area (Å²) in [5.74, 6) is -0.272. The van der Waals surface area contributed by atoms with Crippen molar-refractivity contribution in [3.05, 3.63) is 30.3 Å². The molecule has 1 heterocycles. The Balaban J connectivity index is 1.94. The van der Waals surface area contributed by atoms with E-state index in [1.807, 2.05) is 0 Å². The number of likely N-dealkylation sites (N-methyl/N-ethyl adjacent to an activating group) is 1. The number of hydrogen-bond donors (Lipinski definition) is 2. The van der Waals surface area contributed by atoms with Gasteiger partial charge in [-0.15, -0.1) is 0 Å². The number of piperidine rings is 1. The minimum Gasteiger partial charge on any atom is -0.351 e. The largest absolute Gasteiger partial charge is 0.351 e. The molecular formula is C14H21N3O3S. The number of hydrogen-bond acceptors (Lipinski definition) is 4. The first kappa shape index (κ1) is 15.9. The topological polar surface area (TPSA) is 78.5 Å². The molecule has 2 N–H and O–H groups in total. The molecule has 1 atom stereocenters. The summed E-state index contributed by atoms with van der Waals surface area (Å²) in [6, 6.07) is 8.20. The molecular weight excluding hydrogens is 290 g/mol. The average molecular weight is 311 g/mol. The molecule has 6 nitrogen and oxygen atoms in total. The van der Waals surface area contributed by atoms with E-state index in [0.29, 0.717) is 0 Å². The Bertz CT molecular complexity index is 568. The lowest BCUT2D eigenvalue weighted by molar-refractivity contribution is -0.121. The molecule has 1 fully saturated rings. The Kier molecular flexibility index (Phi) is 5.33. The lowest BCUT2D eigenvalue weighted by Crippen LogP contribution is -2.48. The second kappa shape index (κ2) is 7.02. The van der Waals surface area contributed by atoms with Crippen LogP contribution >= 0.6 is 0 Å². The number of amides is 1. The van der Waals surface area contributed by atoms with E-state index in [0.717, 1.165) is 30.2 Å². The summed E-state index contributed by atoms with van der Waals surface area (Å²) in [5, 5.41) is 6.07. The molecule has 1 aliphatic heterocycles. The molecule has 7 heteroatoms. The van der Waals surface area contributed by atoms with Crippen molar-refractivity contribution in [2.24, 2.45) is 0 Å². The maximum Gasteiger partial charge on any atom is 0.243 e. The summed E-state index contributed by atoms with van der Waals surface area (Å²) in [7, 11) is -2.20. The Morgan fingerprint density at radius 2 is 2.10 bits per heavy atom. The van der Waals surface area contributed by atoms with Crippen molar-refractivity contribution in [1.82, 2.24) is 14.9 Å². The molecule has 21 heavy (non-hydrogen) atoms. The van der Waals surface area contributed by atoms with Crippen molar-refractivity contribution in [1.29, 1.82) is 0 Å². The van der Waals surface area contributed by atoms with Crippen molar-refractivity contribution >= 4 is 15.9 Å². The zero-order valence-corrected chi connectivity index (χ0v) is 12.9. The van der Waals surface area contributed by atoms with Crippen LogP contribution < -0.4 is 10.6 Å². The Morgan fingerprint density at radius 1 is 1.38 bits per heavy atom. The van der Waals surface area contributed by atoms with Gasteiger partial charge < -0.3 is 10.6 Å². The highest BCUT2D eigenvalue weighted by Crippen LogP contribution is 2.13. The first-order valence-corrected chi connectivity index (χ1v) is 8.45. The van der Waals surface area contributed by atoms with Gasteiger partial charge in [0.1, 0.15) is 0 Å². The first-order chi connectivity index (χ1) is 10.00. The van der Waals surface area contributed by atoms with E-state index < -0.39 is 10.0 Å². The quantitative estimate of drug-likeness (QED) is 0.813. The van der Waals surface area contributed by atoms with Gasteiger partial charge in [-0.3, -0.25) is 4.79 Å². The molecule has 0 aromatic heterocycles. The maximum absolute atomic E-state index is 12.3. The molecule has 1 aliphatic rings. The van der Waals surface area contributed by atoms with Crippen LogP contribution in [0, 0.1) is 0 Å². The third-order valence-electron chi connectivity index (χ3n) is 3.48. The SMILES string of the molecule is CN(CC(=O)N[C@H]1CCCNC1)S(=O)(=O)c1ccccc1. The molecule has 0 unspecified atom stereocenters. The molecule has 0 saturated carbocycles. The predicted octanol–water partition coefficient (Wildman–Crippen LogP) is 0.175. The van der Waals surface area contributed by atoms with Crippen LogP contribution in [-0.2, 0) is 14.8 Å². The van der Waals surface area contributed by atoms with Gasteiger partial charge in [0.2, 0.25) is 15.9 Å². The maximum atomic E-state index is 12.3. The molecule has 1 amide bonds. The number of sulfonamides is 1. The van der Waals surface area contributed by atoms with Gasteiger partial charge in [0.15, 0.2) is 0 Å². The van der Waals surface area contributed by atoms with E-state index in [1.54, 1.807) is 18.2 Å². The van der Waals surface area contributed by atoms with Crippen molar-refractivity contribution in [2.45, 2.75) is 23.8 Å². The van der Waals surface area contributed by atoms with Gasteiger partial charge in [0.25, 0.3) is 0 Å². The van der Waals surface area contributed by atoms with Crippen LogP contribution in [0.15, 0.2) is 35.2 Å². The predicted molar refractivity (Wildman–Crippen MR) is 80.3 cm³/mol. The number of nitrogens with zero attached hydrogens (tertiary/aromatic N) is 1. The summed E-state index contributed by atoms with van der Waals surface area (Å²) in [4.78, 5) is 12.1. The van der Waals surface area contributed by atoms with E-state index >= 15 is 0 Å². The number of benzene rings is 1. The van der Waals surface area contributed by atoms with Gasteiger partial charge in [-0.05, 0) is 31.5 Å². The van der Waals surface area contributed by atoms with E-state index in [9.17, 15) is 13.2 Å². The van der Waals surface area contributed by atoms with Crippen molar-refractivity contribution < 1.29 is 13.2 Å². The van der Waals surface area contributed by atoms with Gasteiger partial charge in [0.05, 0.1) is 11.4 Å². The number of rotatable bonds is 5. The monoisotopic (exact) mass is 311 g/mol. The van der Waals surface area contributed by atoms with Gasteiger partial charge >= 0.3 is 0 Å². The van der Waals surface area contributed by atoms with Crippen LogP contribution in [0.2, 0.25) is 0 Å². The van der Waals surface area contributed by atoms with Crippen LogP contribution in [0.1, 0.15) is 12.8 Å². The van der Waals surface area contributed by atoms with E-state index in [1.165, 1.54) is 19.2 Å². The van der Waals surface area contributed by atoms with E-state index in [-0.39, 0.29) is 23.4 Å². The molecule has 1 aromatic carbocycles. The fourth-order valence-electron chi connectivity index (χ4n) is 2.31. The zero-order valence-electron chi connectivity index (χ0n) is 12.1. The molecule has 116 valence electrons. The highest BCUT2D eigenvalue weighted by atomic mass is 32.2. The van der Waals surface area contributed by atoms with Crippen LogP contribution in [0.3, 0.4) is 0 Å². The Labute approximate surface area is 125 Å². The van der Waals surface area contributed by atoms with E-state index in [4.69, 9.17) is 0 Å². The van der Waals surface area contributed by atoms with Crippen LogP contribution in [0.4, 0.5) is 0 Å². The Morgan fingerprint density at radius 3 is 2.71 bits per heavy atom. The van der Waals surface area contributed by atoms with Crippen LogP contribution in [0.5, 0.6) is 0 Å². The average Bonchev–Trinajstić information content (AvgIpc) is 2.49. The van der Waals surface area contributed by atoms with Gasteiger partial charge in [-0.25, -0.2) is 8.42 Å². The smallest absolute Gasteiger partial charge is 0.243 e. The molecule has 0 aliphatic carbocycles. The minimum atomic E-state index is -3.62. The third kappa shape index (κ3) is 4.26. The number of carbonyl (C=O) groups is 1. The highest BCUT2D eigenvalue weighted by Gasteiger charge is 2.24. The highest BCUT2D eigenvalue weighted by molar-refractivity contribution is 7.89. The standard InChI is InChI=1S/C14H21N3O3S/c1-17(21(19,20)13-7-3-2-4-8-13)11-14(18)16-12-6-5-9-15-10-12/h2-4,7-8,12,15H,5-6,9-11H2,1H3,(H,16,18)/t12-/m0/s1. The summed E-state index contributed by atoms with van der Waals surface area (Å²) < 4.78 is 25.7. The molecule has 0 radical (unpaired) electrons. The summed E-state index contributed by atoms with van der Waals surface area (Å²) in [5.41, 5.74) is 0. The molecule has 1 aromatic rings. The second-order valence-corrected chi connectivity index (χ2v) is 7.23. The van der Waals surface area contributed by atoms with Gasteiger partial charge in [-0.1, -0.05) is 18.2 Å².